The van der Waals surface area contributed by atoms with Crippen molar-refractivity contribution in [2.45, 2.75) is 65.0 Å². The molecule has 2 unspecified atom stereocenters. The Hall–Kier alpha value is -1.26. The maximum Gasteiger partial charge on any atom is 0.329 e. The highest BCUT2D eigenvalue weighted by atomic mass is 16.4. The van der Waals surface area contributed by atoms with E-state index in [1.165, 1.54) is 0 Å². The smallest absolute Gasteiger partial charge is 0.329 e. The fourth-order valence-corrected chi connectivity index (χ4v) is 2.58. The molecule has 0 bridgehead atoms. The Bertz CT molecular complexity index is 338. The summed E-state index contributed by atoms with van der Waals surface area (Å²) in [5.41, 5.74) is -1.14. The molecule has 1 rings (SSSR count). The van der Waals surface area contributed by atoms with Crippen LogP contribution in [0.3, 0.4) is 0 Å². The molecular formula is C14H26N2O3. The highest BCUT2D eigenvalue weighted by molar-refractivity contribution is 5.86. The van der Waals surface area contributed by atoms with Crippen LogP contribution in [0.25, 0.3) is 0 Å². The molecule has 1 aliphatic carbocycles. The van der Waals surface area contributed by atoms with Crippen molar-refractivity contribution in [3.8, 4) is 0 Å². The summed E-state index contributed by atoms with van der Waals surface area (Å²) in [5, 5.41) is 14.8. The second-order valence-electron chi connectivity index (χ2n) is 5.75. The van der Waals surface area contributed by atoms with Crippen molar-refractivity contribution in [1.82, 2.24) is 10.6 Å². The maximum atomic E-state index is 12.0. The van der Waals surface area contributed by atoms with E-state index in [0.29, 0.717) is 5.92 Å². The van der Waals surface area contributed by atoms with Crippen molar-refractivity contribution in [2.24, 2.45) is 11.8 Å². The summed E-state index contributed by atoms with van der Waals surface area (Å²) < 4.78 is 0. The predicted octanol–water partition coefficient (Wildman–Crippen LogP) is 2.36. The van der Waals surface area contributed by atoms with E-state index >= 15 is 0 Å². The van der Waals surface area contributed by atoms with Crippen LogP contribution in [-0.4, -0.2) is 28.7 Å². The van der Waals surface area contributed by atoms with Crippen molar-refractivity contribution in [1.29, 1.82) is 0 Å². The van der Waals surface area contributed by atoms with Gasteiger partial charge in [-0.25, -0.2) is 9.59 Å². The third-order valence-corrected chi connectivity index (χ3v) is 4.33. The van der Waals surface area contributed by atoms with Crippen LogP contribution in [0.15, 0.2) is 0 Å². The van der Waals surface area contributed by atoms with Crippen LogP contribution in [0.4, 0.5) is 4.79 Å². The number of amides is 2. The number of carboxylic acid groups (broad SMARTS) is 1. The van der Waals surface area contributed by atoms with E-state index in [1.807, 2.05) is 6.92 Å². The molecule has 0 aromatic carbocycles. The van der Waals surface area contributed by atoms with E-state index in [1.54, 1.807) is 6.92 Å². The van der Waals surface area contributed by atoms with Gasteiger partial charge in [0.15, 0.2) is 0 Å². The Morgan fingerprint density at radius 2 is 1.84 bits per heavy atom. The standard InChI is InChI=1S/C14H26N2O3/c1-5-10(6-2)9(3)15-13(19)16-14(4,12(17)18)11-7-8-11/h9-11H,5-8H2,1-4H3,(H,17,18)(H2,15,16,19). The van der Waals surface area contributed by atoms with Gasteiger partial charge in [0.05, 0.1) is 0 Å². The number of urea groups is 1. The summed E-state index contributed by atoms with van der Waals surface area (Å²) in [4.78, 5) is 23.3. The minimum atomic E-state index is -1.14. The highest BCUT2D eigenvalue weighted by Gasteiger charge is 2.48. The Labute approximate surface area is 115 Å². The summed E-state index contributed by atoms with van der Waals surface area (Å²) in [6.45, 7) is 7.74. The van der Waals surface area contributed by atoms with Crippen LogP contribution in [0, 0.1) is 11.8 Å². The summed E-state index contributed by atoms with van der Waals surface area (Å²) in [7, 11) is 0. The third kappa shape index (κ3) is 3.85. The second-order valence-corrected chi connectivity index (χ2v) is 5.75. The molecule has 1 fully saturated rings. The molecule has 0 aromatic rings. The molecule has 0 aliphatic heterocycles. The Morgan fingerprint density at radius 1 is 1.32 bits per heavy atom. The summed E-state index contributed by atoms with van der Waals surface area (Å²) in [6, 6.07) is -0.330. The molecule has 1 aliphatic rings. The molecular weight excluding hydrogens is 244 g/mol. The van der Waals surface area contributed by atoms with Gasteiger partial charge in [0.2, 0.25) is 0 Å². The molecule has 5 nitrogen and oxygen atoms in total. The van der Waals surface area contributed by atoms with Gasteiger partial charge in [-0.05, 0) is 38.5 Å². The van der Waals surface area contributed by atoms with Crippen molar-refractivity contribution in [2.75, 3.05) is 0 Å². The van der Waals surface area contributed by atoms with Crippen molar-refractivity contribution >= 4 is 12.0 Å². The van der Waals surface area contributed by atoms with E-state index in [9.17, 15) is 14.7 Å². The second kappa shape index (κ2) is 6.26. The van der Waals surface area contributed by atoms with Gasteiger partial charge in [0, 0.05) is 6.04 Å². The van der Waals surface area contributed by atoms with E-state index in [2.05, 4.69) is 24.5 Å². The average Bonchev–Trinajstić information content (AvgIpc) is 3.13. The van der Waals surface area contributed by atoms with Crippen LogP contribution in [0.1, 0.15) is 53.4 Å². The van der Waals surface area contributed by atoms with E-state index in [4.69, 9.17) is 0 Å². The first-order valence-corrected chi connectivity index (χ1v) is 7.17. The third-order valence-electron chi connectivity index (χ3n) is 4.33. The number of hydrogen-bond donors (Lipinski definition) is 3. The molecule has 5 heteroatoms. The lowest BCUT2D eigenvalue weighted by molar-refractivity contribution is -0.144. The van der Waals surface area contributed by atoms with Crippen LogP contribution in [0.5, 0.6) is 0 Å². The van der Waals surface area contributed by atoms with Gasteiger partial charge in [-0.15, -0.1) is 0 Å². The first-order valence-electron chi connectivity index (χ1n) is 7.17. The lowest BCUT2D eigenvalue weighted by Gasteiger charge is -2.29. The monoisotopic (exact) mass is 270 g/mol. The number of carbonyl (C=O) groups excluding carboxylic acids is 1. The topological polar surface area (TPSA) is 78.4 Å². The predicted molar refractivity (Wildman–Crippen MR) is 74.0 cm³/mol. The molecule has 0 spiro atoms. The van der Waals surface area contributed by atoms with Gasteiger partial charge in [-0.1, -0.05) is 26.7 Å². The minimum Gasteiger partial charge on any atom is -0.480 e. The molecule has 3 N–H and O–H groups in total. The van der Waals surface area contributed by atoms with Crippen molar-refractivity contribution in [3.05, 3.63) is 0 Å². The van der Waals surface area contributed by atoms with Gasteiger partial charge in [0.25, 0.3) is 0 Å². The largest absolute Gasteiger partial charge is 0.480 e. The molecule has 0 heterocycles. The zero-order chi connectivity index (χ0) is 14.6. The summed E-state index contributed by atoms with van der Waals surface area (Å²) >= 11 is 0. The molecule has 2 amide bonds. The first-order chi connectivity index (χ1) is 8.85. The number of hydrogen-bond acceptors (Lipinski definition) is 2. The first kappa shape index (κ1) is 15.8. The van der Waals surface area contributed by atoms with Crippen LogP contribution in [-0.2, 0) is 4.79 Å². The van der Waals surface area contributed by atoms with Gasteiger partial charge in [0.1, 0.15) is 5.54 Å². The fourth-order valence-electron chi connectivity index (χ4n) is 2.58. The van der Waals surface area contributed by atoms with Crippen molar-refractivity contribution < 1.29 is 14.7 Å². The van der Waals surface area contributed by atoms with Crippen LogP contribution >= 0.6 is 0 Å². The number of carboxylic acids is 1. The Balaban J connectivity index is 2.56. The van der Waals surface area contributed by atoms with Gasteiger partial charge in [-0.3, -0.25) is 0 Å². The summed E-state index contributed by atoms with van der Waals surface area (Å²) in [5.74, 6) is -0.484. The number of rotatable bonds is 7. The SMILES string of the molecule is CCC(CC)C(C)NC(=O)NC(C)(C(=O)O)C1CC1. The lowest BCUT2D eigenvalue weighted by Crippen LogP contribution is -2.58. The fraction of sp³-hybridized carbons (Fsp3) is 0.857. The quantitative estimate of drug-likeness (QED) is 0.664. The minimum absolute atomic E-state index is 0.0484. The molecule has 19 heavy (non-hydrogen) atoms. The average molecular weight is 270 g/mol. The molecule has 1 saturated carbocycles. The Morgan fingerprint density at radius 3 is 2.21 bits per heavy atom. The zero-order valence-corrected chi connectivity index (χ0v) is 12.3. The zero-order valence-electron chi connectivity index (χ0n) is 12.3. The lowest BCUT2D eigenvalue weighted by atomic mass is 9.95. The molecule has 110 valence electrons. The van der Waals surface area contributed by atoms with E-state index < -0.39 is 11.5 Å². The normalized spacial score (nSPS) is 19.6. The van der Waals surface area contributed by atoms with Crippen LogP contribution < -0.4 is 10.6 Å². The van der Waals surface area contributed by atoms with Gasteiger partial charge < -0.3 is 15.7 Å². The van der Waals surface area contributed by atoms with Crippen molar-refractivity contribution in [3.63, 3.8) is 0 Å². The van der Waals surface area contributed by atoms with Crippen LogP contribution in [0.2, 0.25) is 0 Å². The summed E-state index contributed by atoms with van der Waals surface area (Å²) in [6.07, 6.45) is 3.73. The number of nitrogens with one attached hydrogen (secondary N) is 2. The number of carbonyl (C=O) groups is 2. The molecule has 0 aromatic heterocycles. The van der Waals surface area contributed by atoms with Gasteiger partial charge in [-0.2, -0.15) is 0 Å². The van der Waals surface area contributed by atoms with Gasteiger partial charge >= 0.3 is 12.0 Å². The maximum absolute atomic E-state index is 12.0. The van der Waals surface area contributed by atoms with E-state index in [0.717, 1.165) is 25.7 Å². The Kier molecular flexibility index (Phi) is 5.20. The molecule has 0 radical (unpaired) electrons. The molecule has 2 atom stereocenters. The number of aliphatic carboxylic acids is 1. The highest BCUT2D eigenvalue weighted by Crippen LogP contribution is 2.39. The molecule has 0 saturated heterocycles. The van der Waals surface area contributed by atoms with E-state index in [-0.39, 0.29) is 18.0 Å².